The van der Waals surface area contributed by atoms with E-state index in [1.807, 2.05) is 18.2 Å². The molecule has 1 aliphatic carbocycles. The third-order valence-corrected chi connectivity index (χ3v) is 5.62. The highest BCUT2D eigenvalue weighted by molar-refractivity contribution is 7.99. The topological polar surface area (TPSA) is 61.4 Å². The van der Waals surface area contributed by atoms with E-state index in [4.69, 9.17) is 11.6 Å². The molecular formula is C15H19ClN2O2S. The minimum atomic E-state index is -0.747. The number of amides is 2. The van der Waals surface area contributed by atoms with Crippen LogP contribution in [0.2, 0.25) is 5.02 Å². The van der Waals surface area contributed by atoms with E-state index in [0.29, 0.717) is 12.3 Å². The van der Waals surface area contributed by atoms with Gasteiger partial charge in [0, 0.05) is 17.3 Å². The smallest absolute Gasteiger partial charge is 0.315 e. The Bertz CT molecular complexity index is 546. The number of hydrogen-bond donors (Lipinski definition) is 3. The second kappa shape index (κ2) is 6.07. The summed E-state index contributed by atoms with van der Waals surface area (Å²) in [7, 11) is 0. The number of benzene rings is 1. The predicted octanol–water partition coefficient (Wildman–Crippen LogP) is 2.49. The van der Waals surface area contributed by atoms with Crippen molar-refractivity contribution in [3.63, 3.8) is 0 Å². The van der Waals surface area contributed by atoms with E-state index in [-0.39, 0.29) is 12.1 Å². The molecule has 0 radical (unpaired) electrons. The molecule has 1 aromatic carbocycles. The maximum atomic E-state index is 12.0. The van der Waals surface area contributed by atoms with Crippen molar-refractivity contribution < 1.29 is 9.90 Å². The van der Waals surface area contributed by atoms with Gasteiger partial charge in [-0.3, -0.25) is 0 Å². The summed E-state index contributed by atoms with van der Waals surface area (Å²) in [6, 6.07) is 5.63. The molecule has 2 atom stereocenters. The molecule has 0 spiro atoms. The minimum Gasteiger partial charge on any atom is -0.387 e. The van der Waals surface area contributed by atoms with E-state index in [9.17, 15) is 9.90 Å². The number of thioether (sulfide) groups is 1. The van der Waals surface area contributed by atoms with Gasteiger partial charge in [0.1, 0.15) is 0 Å². The van der Waals surface area contributed by atoms with Gasteiger partial charge in [0.15, 0.2) is 0 Å². The monoisotopic (exact) mass is 326 g/mol. The van der Waals surface area contributed by atoms with Crippen molar-refractivity contribution in [3.05, 3.63) is 34.3 Å². The number of hydrogen-bond acceptors (Lipinski definition) is 3. The molecule has 0 saturated carbocycles. The number of fused-ring (bicyclic) bond motifs is 1. The van der Waals surface area contributed by atoms with Crippen molar-refractivity contribution in [2.45, 2.75) is 30.9 Å². The fourth-order valence-corrected chi connectivity index (χ4v) is 4.42. The van der Waals surface area contributed by atoms with Crippen LogP contribution >= 0.6 is 23.4 Å². The first-order chi connectivity index (χ1) is 10.1. The first-order valence-corrected chi connectivity index (χ1v) is 8.72. The van der Waals surface area contributed by atoms with E-state index in [1.165, 1.54) is 5.56 Å². The van der Waals surface area contributed by atoms with Crippen LogP contribution in [0.1, 0.15) is 30.0 Å². The van der Waals surface area contributed by atoms with Crippen LogP contribution in [0, 0.1) is 0 Å². The molecule has 3 rings (SSSR count). The Hall–Kier alpha value is -0.910. The number of urea groups is 1. The summed E-state index contributed by atoms with van der Waals surface area (Å²) in [4.78, 5) is 12.0. The molecule has 1 heterocycles. The van der Waals surface area contributed by atoms with E-state index in [1.54, 1.807) is 11.8 Å². The lowest BCUT2D eigenvalue weighted by molar-refractivity contribution is 0.0698. The van der Waals surface area contributed by atoms with E-state index >= 15 is 0 Å². The number of aliphatic hydroxyl groups is 1. The van der Waals surface area contributed by atoms with Gasteiger partial charge in [0.25, 0.3) is 0 Å². The van der Waals surface area contributed by atoms with E-state index in [0.717, 1.165) is 35.6 Å². The molecule has 1 fully saturated rings. The number of nitrogens with one attached hydrogen (secondary N) is 2. The average molecular weight is 327 g/mol. The highest BCUT2D eigenvalue weighted by atomic mass is 35.5. The first kappa shape index (κ1) is 15.0. The summed E-state index contributed by atoms with van der Waals surface area (Å²) in [5.41, 5.74) is 1.60. The van der Waals surface area contributed by atoms with Crippen LogP contribution in [0.3, 0.4) is 0 Å². The summed E-state index contributed by atoms with van der Waals surface area (Å²) in [6.07, 6.45) is 2.56. The molecule has 21 heavy (non-hydrogen) atoms. The fraction of sp³-hybridized carbons (Fsp3) is 0.533. The zero-order valence-electron chi connectivity index (χ0n) is 11.7. The molecule has 2 amide bonds. The van der Waals surface area contributed by atoms with E-state index in [2.05, 4.69) is 10.6 Å². The van der Waals surface area contributed by atoms with Crippen LogP contribution in [-0.2, 0) is 6.42 Å². The molecule has 114 valence electrons. The number of aryl methyl sites for hydroxylation is 1. The second-order valence-corrected chi connectivity index (χ2v) is 7.33. The SMILES string of the molecule is O=C(NC[C@@]1(O)CCSC1)N[C@@H]1CCc2cc(Cl)ccc21. The first-order valence-electron chi connectivity index (χ1n) is 7.19. The number of rotatable bonds is 3. The third-order valence-electron chi connectivity index (χ3n) is 4.15. The Labute approximate surface area is 133 Å². The molecule has 1 aliphatic heterocycles. The van der Waals surface area contributed by atoms with Gasteiger partial charge in [-0.2, -0.15) is 11.8 Å². The van der Waals surface area contributed by atoms with Crippen LogP contribution in [0.15, 0.2) is 18.2 Å². The van der Waals surface area contributed by atoms with Gasteiger partial charge >= 0.3 is 6.03 Å². The molecule has 1 saturated heterocycles. The van der Waals surface area contributed by atoms with Crippen molar-refractivity contribution in [2.24, 2.45) is 0 Å². The summed E-state index contributed by atoms with van der Waals surface area (Å²) in [6.45, 7) is 0.312. The maximum absolute atomic E-state index is 12.0. The Morgan fingerprint density at radius 1 is 1.52 bits per heavy atom. The van der Waals surface area contributed by atoms with Crippen molar-refractivity contribution >= 4 is 29.4 Å². The molecule has 0 bridgehead atoms. The Morgan fingerprint density at radius 2 is 2.38 bits per heavy atom. The highest BCUT2D eigenvalue weighted by Gasteiger charge is 2.32. The maximum Gasteiger partial charge on any atom is 0.315 e. The number of carbonyl (C=O) groups excluding carboxylic acids is 1. The summed E-state index contributed by atoms with van der Waals surface area (Å²) in [5, 5.41) is 16.7. The van der Waals surface area contributed by atoms with Gasteiger partial charge in [-0.1, -0.05) is 17.7 Å². The van der Waals surface area contributed by atoms with Gasteiger partial charge in [-0.15, -0.1) is 0 Å². The Morgan fingerprint density at radius 3 is 3.14 bits per heavy atom. The molecule has 0 aromatic heterocycles. The van der Waals surface area contributed by atoms with Gasteiger partial charge in [-0.25, -0.2) is 4.79 Å². The van der Waals surface area contributed by atoms with Crippen LogP contribution in [0.4, 0.5) is 4.79 Å². The van der Waals surface area contributed by atoms with Crippen molar-refractivity contribution in [1.29, 1.82) is 0 Å². The lowest BCUT2D eigenvalue weighted by Crippen LogP contribution is -2.47. The van der Waals surface area contributed by atoms with Crippen molar-refractivity contribution in [1.82, 2.24) is 10.6 Å². The summed E-state index contributed by atoms with van der Waals surface area (Å²) >= 11 is 7.71. The second-order valence-electron chi connectivity index (χ2n) is 5.79. The Balaban J connectivity index is 1.54. The van der Waals surface area contributed by atoms with Gasteiger partial charge in [0.2, 0.25) is 0 Å². The zero-order valence-corrected chi connectivity index (χ0v) is 13.3. The fourth-order valence-electron chi connectivity index (χ4n) is 2.93. The summed E-state index contributed by atoms with van der Waals surface area (Å²) in [5.74, 6) is 1.65. The van der Waals surface area contributed by atoms with Crippen molar-refractivity contribution in [3.8, 4) is 0 Å². The summed E-state index contributed by atoms with van der Waals surface area (Å²) < 4.78 is 0. The molecule has 4 nitrogen and oxygen atoms in total. The minimum absolute atomic E-state index is 0.0323. The van der Waals surface area contributed by atoms with Gasteiger partial charge in [-0.05, 0) is 48.3 Å². The Kier molecular flexibility index (Phi) is 4.33. The standard InChI is InChI=1S/C15H19ClN2O2S/c16-11-2-3-12-10(7-11)1-4-13(12)18-14(19)17-8-15(20)5-6-21-9-15/h2-3,7,13,20H,1,4-6,8-9H2,(H2,17,18,19)/t13-,15+/m1/s1. The van der Waals surface area contributed by atoms with Crippen molar-refractivity contribution in [2.75, 3.05) is 18.1 Å². The quantitative estimate of drug-likeness (QED) is 0.799. The number of carbonyl (C=O) groups is 1. The van der Waals surface area contributed by atoms with Crippen LogP contribution in [0.25, 0.3) is 0 Å². The molecule has 1 aromatic rings. The zero-order chi connectivity index (χ0) is 14.9. The van der Waals surface area contributed by atoms with Gasteiger partial charge < -0.3 is 15.7 Å². The molecule has 0 unspecified atom stereocenters. The largest absolute Gasteiger partial charge is 0.387 e. The molecular weight excluding hydrogens is 308 g/mol. The number of halogens is 1. The van der Waals surface area contributed by atoms with E-state index < -0.39 is 5.60 Å². The average Bonchev–Trinajstić information content (AvgIpc) is 3.04. The lowest BCUT2D eigenvalue weighted by Gasteiger charge is -2.22. The van der Waals surface area contributed by atoms with Crippen LogP contribution < -0.4 is 10.6 Å². The lowest BCUT2D eigenvalue weighted by atomic mass is 10.0. The molecule has 6 heteroatoms. The molecule has 2 aliphatic rings. The normalized spacial score (nSPS) is 27.4. The van der Waals surface area contributed by atoms with Crippen LogP contribution in [0.5, 0.6) is 0 Å². The highest BCUT2D eigenvalue weighted by Crippen LogP contribution is 2.32. The third kappa shape index (κ3) is 3.47. The van der Waals surface area contributed by atoms with Crippen LogP contribution in [-0.4, -0.2) is 34.8 Å². The van der Waals surface area contributed by atoms with Gasteiger partial charge in [0.05, 0.1) is 11.6 Å². The molecule has 3 N–H and O–H groups in total. The predicted molar refractivity (Wildman–Crippen MR) is 85.9 cm³/mol.